The summed E-state index contributed by atoms with van der Waals surface area (Å²) in [6, 6.07) is 7.98. The van der Waals surface area contributed by atoms with Gasteiger partial charge < -0.3 is 9.80 Å². The predicted octanol–water partition coefficient (Wildman–Crippen LogP) is 1.65. The molecule has 1 aromatic carbocycles. The van der Waals surface area contributed by atoms with Gasteiger partial charge in [-0.3, -0.25) is 14.5 Å². The lowest BCUT2D eigenvalue weighted by molar-refractivity contribution is -0.133. The molecule has 2 saturated heterocycles. The summed E-state index contributed by atoms with van der Waals surface area (Å²) in [4.78, 5) is 31.5. The summed E-state index contributed by atoms with van der Waals surface area (Å²) in [5.74, 6) is 0.125. The third kappa shape index (κ3) is 4.38. The highest BCUT2D eigenvalue weighted by atomic mass is 16.2. The van der Waals surface area contributed by atoms with E-state index in [1.807, 2.05) is 47.9 Å². The number of nitrogens with zero attached hydrogens (tertiary/aromatic N) is 6. The van der Waals surface area contributed by atoms with Gasteiger partial charge in [-0.15, -0.1) is 5.10 Å². The number of amides is 2. The quantitative estimate of drug-likeness (QED) is 0.766. The Bertz CT molecular complexity index is 910. The number of carbonyl (C=O) groups excluding carboxylic acids is 2. The second-order valence-corrected chi connectivity index (χ2v) is 8.28. The Morgan fingerprint density at radius 3 is 2.37 bits per heavy atom. The minimum absolute atomic E-state index is 0.0894. The SMILES string of the molecule is Cc1cccc(-n2nnc(C(=O)N3CCN(CC(=O)N4CCCCC4)CC3)c2C)c1. The lowest BCUT2D eigenvalue weighted by Gasteiger charge is -2.35. The van der Waals surface area contributed by atoms with Crippen LogP contribution in [0.15, 0.2) is 24.3 Å². The first-order valence-corrected chi connectivity index (χ1v) is 10.8. The van der Waals surface area contributed by atoms with E-state index in [2.05, 4.69) is 15.2 Å². The predicted molar refractivity (Wildman–Crippen MR) is 114 cm³/mol. The van der Waals surface area contributed by atoms with Crippen molar-refractivity contribution in [1.82, 2.24) is 29.7 Å². The zero-order chi connectivity index (χ0) is 21.1. The molecule has 30 heavy (non-hydrogen) atoms. The smallest absolute Gasteiger partial charge is 0.276 e. The number of rotatable bonds is 4. The number of likely N-dealkylation sites (tertiary alicyclic amines) is 1. The molecule has 8 nitrogen and oxygen atoms in total. The van der Waals surface area contributed by atoms with Crippen molar-refractivity contribution in [1.29, 1.82) is 0 Å². The number of aryl methyl sites for hydroxylation is 1. The van der Waals surface area contributed by atoms with Crippen molar-refractivity contribution in [2.45, 2.75) is 33.1 Å². The Hall–Kier alpha value is -2.74. The van der Waals surface area contributed by atoms with Gasteiger partial charge in [-0.1, -0.05) is 17.3 Å². The van der Waals surface area contributed by atoms with Crippen molar-refractivity contribution < 1.29 is 9.59 Å². The van der Waals surface area contributed by atoms with Crippen LogP contribution < -0.4 is 0 Å². The van der Waals surface area contributed by atoms with Gasteiger partial charge in [-0.2, -0.15) is 0 Å². The number of carbonyl (C=O) groups is 2. The van der Waals surface area contributed by atoms with Gasteiger partial charge in [0, 0.05) is 39.3 Å². The highest BCUT2D eigenvalue weighted by Crippen LogP contribution is 2.16. The van der Waals surface area contributed by atoms with Crippen LogP contribution in [0.5, 0.6) is 0 Å². The molecule has 8 heteroatoms. The Labute approximate surface area is 177 Å². The number of piperazine rings is 1. The molecule has 2 fully saturated rings. The first kappa shape index (κ1) is 20.5. The van der Waals surface area contributed by atoms with Gasteiger partial charge in [0.2, 0.25) is 5.91 Å². The van der Waals surface area contributed by atoms with Crippen LogP contribution in [-0.2, 0) is 4.79 Å². The number of hydrogen-bond acceptors (Lipinski definition) is 5. The lowest BCUT2D eigenvalue weighted by atomic mass is 10.1. The van der Waals surface area contributed by atoms with Crippen molar-refractivity contribution in [3.8, 4) is 5.69 Å². The van der Waals surface area contributed by atoms with E-state index >= 15 is 0 Å². The first-order valence-electron chi connectivity index (χ1n) is 10.8. The number of benzene rings is 1. The van der Waals surface area contributed by atoms with Crippen LogP contribution in [0.1, 0.15) is 41.0 Å². The molecule has 0 atom stereocenters. The third-order valence-corrected chi connectivity index (χ3v) is 6.07. The van der Waals surface area contributed by atoms with Crippen LogP contribution in [0.3, 0.4) is 0 Å². The maximum absolute atomic E-state index is 13.0. The largest absolute Gasteiger partial charge is 0.342 e. The number of aromatic nitrogens is 3. The van der Waals surface area contributed by atoms with Crippen LogP contribution >= 0.6 is 0 Å². The average molecular weight is 411 g/mol. The van der Waals surface area contributed by atoms with E-state index in [-0.39, 0.29) is 11.8 Å². The number of hydrogen-bond donors (Lipinski definition) is 0. The van der Waals surface area contributed by atoms with Gasteiger partial charge >= 0.3 is 0 Å². The summed E-state index contributed by atoms with van der Waals surface area (Å²) >= 11 is 0. The van der Waals surface area contributed by atoms with Gasteiger partial charge in [0.05, 0.1) is 17.9 Å². The van der Waals surface area contributed by atoms with E-state index in [9.17, 15) is 9.59 Å². The van der Waals surface area contributed by atoms with E-state index in [4.69, 9.17) is 0 Å². The molecule has 3 heterocycles. The molecular weight excluding hydrogens is 380 g/mol. The monoisotopic (exact) mass is 410 g/mol. The second-order valence-electron chi connectivity index (χ2n) is 8.28. The second kappa shape index (κ2) is 8.95. The third-order valence-electron chi connectivity index (χ3n) is 6.07. The zero-order valence-electron chi connectivity index (χ0n) is 17.9. The van der Waals surface area contributed by atoms with Crippen molar-refractivity contribution in [2.75, 3.05) is 45.8 Å². The fourth-order valence-electron chi connectivity index (χ4n) is 4.23. The topological polar surface area (TPSA) is 74.6 Å². The van der Waals surface area contributed by atoms with E-state index in [1.165, 1.54) is 6.42 Å². The molecule has 4 rings (SSSR count). The molecule has 0 unspecified atom stereocenters. The standard InChI is InChI=1S/C22H30N6O2/c1-17-7-6-8-19(15-17)28-18(2)21(23-24-28)22(30)27-13-11-25(12-14-27)16-20(29)26-9-4-3-5-10-26/h6-8,15H,3-5,9-14,16H2,1-2H3. The molecule has 2 aliphatic heterocycles. The molecule has 0 radical (unpaired) electrons. The molecule has 0 saturated carbocycles. The Balaban J connectivity index is 1.35. The molecule has 1 aromatic heterocycles. The fraction of sp³-hybridized carbons (Fsp3) is 0.545. The first-order chi connectivity index (χ1) is 14.5. The summed E-state index contributed by atoms with van der Waals surface area (Å²) in [6.07, 6.45) is 3.44. The molecule has 2 aromatic rings. The number of piperidine rings is 1. The van der Waals surface area contributed by atoms with Gasteiger partial charge in [0.1, 0.15) is 0 Å². The van der Waals surface area contributed by atoms with Crippen LogP contribution in [0.2, 0.25) is 0 Å². The van der Waals surface area contributed by atoms with E-state index in [0.29, 0.717) is 38.4 Å². The van der Waals surface area contributed by atoms with Crippen LogP contribution in [0, 0.1) is 13.8 Å². The maximum Gasteiger partial charge on any atom is 0.276 e. The van der Waals surface area contributed by atoms with Crippen LogP contribution in [0.25, 0.3) is 5.69 Å². The highest BCUT2D eigenvalue weighted by molar-refractivity contribution is 5.93. The molecule has 0 spiro atoms. The van der Waals surface area contributed by atoms with E-state index < -0.39 is 0 Å². The van der Waals surface area contributed by atoms with Gasteiger partial charge in [-0.05, 0) is 50.8 Å². The molecule has 160 valence electrons. The fourth-order valence-corrected chi connectivity index (χ4v) is 4.23. The Morgan fingerprint density at radius 1 is 0.933 bits per heavy atom. The highest BCUT2D eigenvalue weighted by Gasteiger charge is 2.28. The van der Waals surface area contributed by atoms with Crippen LogP contribution in [-0.4, -0.2) is 87.3 Å². The van der Waals surface area contributed by atoms with Gasteiger partial charge in [0.25, 0.3) is 5.91 Å². The maximum atomic E-state index is 13.0. The van der Waals surface area contributed by atoms with E-state index in [0.717, 1.165) is 42.9 Å². The van der Waals surface area contributed by atoms with Crippen molar-refractivity contribution in [3.63, 3.8) is 0 Å². The normalized spacial score (nSPS) is 17.9. The van der Waals surface area contributed by atoms with Crippen molar-refractivity contribution in [2.24, 2.45) is 0 Å². The molecule has 0 N–H and O–H groups in total. The Kier molecular flexibility index (Phi) is 6.13. The molecular formula is C22H30N6O2. The summed E-state index contributed by atoms with van der Waals surface area (Å²) in [5, 5.41) is 8.38. The summed E-state index contributed by atoms with van der Waals surface area (Å²) in [5.41, 5.74) is 3.17. The zero-order valence-corrected chi connectivity index (χ0v) is 17.9. The molecule has 2 amide bonds. The molecule has 2 aliphatic rings. The van der Waals surface area contributed by atoms with Crippen molar-refractivity contribution in [3.05, 3.63) is 41.2 Å². The summed E-state index contributed by atoms with van der Waals surface area (Å²) in [6.45, 7) is 8.73. The molecule has 0 bridgehead atoms. The summed E-state index contributed by atoms with van der Waals surface area (Å²) in [7, 11) is 0. The lowest BCUT2D eigenvalue weighted by Crippen LogP contribution is -2.52. The van der Waals surface area contributed by atoms with Gasteiger partial charge in [-0.25, -0.2) is 4.68 Å². The van der Waals surface area contributed by atoms with Crippen molar-refractivity contribution >= 4 is 11.8 Å². The minimum Gasteiger partial charge on any atom is -0.342 e. The Morgan fingerprint density at radius 2 is 1.67 bits per heavy atom. The van der Waals surface area contributed by atoms with E-state index in [1.54, 1.807) is 4.68 Å². The molecule has 0 aliphatic carbocycles. The van der Waals surface area contributed by atoms with Crippen LogP contribution in [0.4, 0.5) is 0 Å². The minimum atomic E-state index is -0.0894. The van der Waals surface area contributed by atoms with Gasteiger partial charge in [0.15, 0.2) is 5.69 Å². The summed E-state index contributed by atoms with van der Waals surface area (Å²) < 4.78 is 1.72. The average Bonchev–Trinajstić information content (AvgIpc) is 3.15.